The third-order valence-electron chi connectivity index (χ3n) is 4.44. The SMILES string of the molecule is C[C@]1(F)C(=O)O[C@H](Cc2ccccc2C(=O)O)[C@H]1OC(=O)c1ccccc1. The zero-order chi connectivity index (χ0) is 19.6. The first kappa shape index (κ1) is 18.6. The van der Waals surface area contributed by atoms with Gasteiger partial charge in [-0.3, -0.25) is 0 Å². The van der Waals surface area contributed by atoms with E-state index in [1.807, 2.05) is 0 Å². The first-order valence-electron chi connectivity index (χ1n) is 8.28. The lowest BCUT2D eigenvalue weighted by atomic mass is 9.93. The highest BCUT2D eigenvalue weighted by atomic mass is 19.1. The molecule has 0 saturated carbocycles. The van der Waals surface area contributed by atoms with Crippen molar-refractivity contribution in [2.75, 3.05) is 0 Å². The highest BCUT2D eigenvalue weighted by molar-refractivity contribution is 5.91. The number of esters is 2. The molecule has 7 heteroatoms. The third kappa shape index (κ3) is 3.67. The molecule has 3 rings (SSSR count). The van der Waals surface area contributed by atoms with Gasteiger partial charge in [0.15, 0.2) is 6.10 Å². The van der Waals surface area contributed by atoms with Crippen molar-refractivity contribution in [3.05, 3.63) is 71.3 Å². The minimum atomic E-state index is -2.53. The molecular weight excluding hydrogens is 355 g/mol. The summed E-state index contributed by atoms with van der Waals surface area (Å²) in [5.41, 5.74) is -1.97. The van der Waals surface area contributed by atoms with Crippen LogP contribution in [-0.4, -0.2) is 40.9 Å². The van der Waals surface area contributed by atoms with E-state index in [2.05, 4.69) is 0 Å². The van der Waals surface area contributed by atoms with Crippen LogP contribution in [0, 0.1) is 0 Å². The van der Waals surface area contributed by atoms with Crippen molar-refractivity contribution < 1.29 is 33.4 Å². The Morgan fingerprint density at radius 2 is 1.78 bits per heavy atom. The number of carboxylic acid groups (broad SMARTS) is 1. The van der Waals surface area contributed by atoms with Crippen LogP contribution in [0.25, 0.3) is 0 Å². The molecule has 0 aromatic heterocycles. The number of carboxylic acids is 1. The fourth-order valence-corrected chi connectivity index (χ4v) is 3.00. The molecule has 3 atom stereocenters. The molecule has 2 aromatic carbocycles. The molecule has 6 nitrogen and oxygen atoms in total. The fourth-order valence-electron chi connectivity index (χ4n) is 3.00. The van der Waals surface area contributed by atoms with E-state index >= 15 is 0 Å². The van der Waals surface area contributed by atoms with Crippen molar-refractivity contribution >= 4 is 17.9 Å². The number of benzene rings is 2. The van der Waals surface area contributed by atoms with Gasteiger partial charge >= 0.3 is 17.9 Å². The lowest BCUT2D eigenvalue weighted by Gasteiger charge is -2.23. The topological polar surface area (TPSA) is 89.9 Å². The Kier molecular flexibility index (Phi) is 4.94. The van der Waals surface area contributed by atoms with E-state index in [1.165, 1.54) is 18.2 Å². The van der Waals surface area contributed by atoms with Crippen LogP contribution in [0.1, 0.15) is 33.2 Å². The zero-order valence-corrected chi connectivity index (χ0v) is 14.4. The van der Waals surface area contributed by atoms with E-state index < -0.39 is 35.8 Å². The number of cyclic esters (lactones) is 1. The second-order valence-electron chi connectivity index (χ2n) is 6.38. The number of hydrogen-bond donors (Lipinski definition) is 1. The van der Waals surface area contributed by atoms with Crippen molar-refractivity contribution in [2.45, 2.75) is 31.2 Å². The molecule has 0 unspecified atom stereocenters. The van der Waals surface area contributed by atoms with E-state index in [0.717, 1.165) is 6.92 Å². The Labute approximate surface area is 154 Å². The summed E-state index contributed by atoms with van der Waals surface area (Å²) in [6.07, 6.45) is -2.74. The normalized spacial score (nSPS) is 24.3. The summed E-state index contributed by atoms with van der Waals surface area (Å²) in [6.45, 7) is 0.987. The van der Waals surface area contributed by atoms with Crippen LogP contribution in [0.5, 0.6) is 0 Å². The third-order valence-corrected chi connectivity index (χ3v) is 4.44. The summed E-state index contributed by atoms with van der Waals surface area (Å²) in [4.78, 5) is 35.6. The van der Waals surface area contributed by atoms with Gasteiger partial charge in [-0.15, -0.1) is 0 Å². The van der Waals surface area contributed by atoms with Crippen molar-refractivity contribution in [2.24, 2.45) is 0 Å². The van der Waals surface area contributed by atoms with Crippen LogP contribution in [0.2, 0.25) is 0 Å². The first-order valence-corrected chi connectivity index (χ1v) is 8.28. The number of ether oxygens (including phenoxy) is 2. The average molecular weight is 372 g/mol. The van der Waals surface area contributed by atoms with Crippen molar-refractivity contribution in [1.29, 1.82) is 0 Å². The molecule has 140 valence electrons. The van der Waals surface area contributed by atoms with Crippen LogP contribution >= 0.6 is 0 Å². The lowest BCUT2D eigenvalue weighted by Crippen LogP contribution is -2.43. The molecule has 1 N–H and O–H groups in total. The Hall–Kier alpha value is -3.22. The molecule has 0 aliphatic carbocycles. The summed E-state index contributed by atoms with van der Waals surface area (Å²) in [5, 5.41) is 9.29. The van der Waals surface area contributed by atoms with Crippen molar-refractivity contribution in [1.82, 2.24) is 0 Å². The second kappa shape index (κ2) is 7.19. The van der Waals surface area contributed by atoms with E-state index in [-0.39, 0.29) is 17.5 Å². The molecule has 1 saturated heterocycles. The molecule has 0 radical (unpaired) electrons. The molecule has 1 aliphatic rings. The number of aromatic carboxylic acids is 1. The van der Waals surface area contributed by atoms with Crippen LogP contribution in [0.4, 0.5) is 4.39 Å². The summed E-state index contributed by atoms with van der Waals surface area (Å²) in [5.74, 6) is -3.10. The minimum absolute atomic E-state index is 0.00847. The number of carbonyl (C=O) groups excluding carboxylic acids is 2. The maximum Gasteiger partial charge on any atom is 0.348 e. The highest BCUT2D eigenvalue weighted by Crippen LogP contribution is 2.35. The zero-order valence-electron chi connectivity index (χ0n) is 14.4. The number of carbonyl (C=O) groups is 3. The summed E-state index contributed by atoms with van der Waals surface area (Å²) >= 11 is 0. The summed E-state index contributed by atoms with van der Waals surface area (Å²) < 4.78 is 25.2. The van der Waals surface area contributed by atoms with Gasteiger partial charge in [-0.05, 0) is 30.7 Å². The molecule has 1 fully saturated rings. The standard InChI is InChI=1S/C20H17FO6/c1-20(21)16(27-18(24)12-7-3-2-4-8-12)15(26-19(20)25)11-13-9-5-6-10-14(13)17(22)23/h2-10,15-16H,11H2,1H3,(H,22,23)/t15-,16-,20-/m1/s1. The van der Waals surface area contributed by atoms with Gasteiger partial charge in [0.05, 0.1) is 11.1 Å². The van der Waals surface area contributed by atoms with Gasteiger partial charge < -0.3 is 14.6 Å². The maximum absolute atomic E-state index is 14.9. The van der Waals surface area contributed by atoms with Gasteiger partial charge in [0.1, 0.15) is 6.10 Å². The van der Waals surface area contributed by atoms with Gasteiger partial charge in [0.2, 0.25) is 5.67 Å². The average Bonchev–Trinajstić information content (AvgIpc) is 2.85. The van der Waals surface area contributed by atoms with Crippen molar-refractivity contribution in [3.8, 4) is 0 Å². The summed E-state index contributed by atoms with van der Waals surface area (Å²) in [7, 11) is 0. The largest absolute Gasteiger partial charge is 0.478 e. The Bertz CT molecular complexity index is 877. The van der Waals surface area contributed by atoms with Gasteiger partial charge in [-0.1, -0.05) is 36.4 Å². The lowest BCUT2D eigenvalue weighted by molar-refractivity contribution is -0.149. The second-order valence-corrected chi connectivity index (χ2v) is 6.38. The summed E-state index contributed by atoms with van der Waals surface area (Å²) in [6, 6.07) is 14.1. The first-order chi connectivity index (χ1) is 12.8. The maximum atomic E-state index is 14.9. The van der Waals surface area contributed by atoms with Crippen molar-refractivity contribution in [3.63, 3.8) is 0 Å². The van der Waals surface area contributed by atoms with Crippen LogP contribution < -0.4 is 0 Å². The molecule has 0 bridgehead atoms. The number of rotatable bonds is 5. The minimum Gasteiger partial charge on any atom is -0.478 e. The highest BCUT2D eigenvalue weighted by Gasteiger charge is 2.58. The van der Waals surface area contributed by atoms with Gasteiger partial charge in [0.25, 0.3) is 0 Å². The van der Waals surface area contributed by atoms with E-state index in [4.69, 9.17) is 9.47 Å². The molecule has 1 aliphatic heterocycles. The molecular formula is C20H17FO6. The van der Waals surface area contributed by atoms with Crippen LogP contribution in [0.15, 0.2) is 54.6 Å². The monoisotopic (exact) mass is 372 g/mol. The number of alkyl halides is 1. The van der Waals surface area contributed by atoms with E-state index in [1.54, 1.807) is 36.4 Å². The molecule has 2 aromatic rings. The van der Waals surface area contributed by atoms with Crippen LogP contribution in [0.3, 0.4) is 0 Å². The number of hydrogen-bond acceptors (Lipinski definition) is 5. The predicted molar refractivity (Wildman–Crippen MR) is 92.1 cm³/mol. The molecule has 0 spiro atoms. The van der Waals surface area contributed by atoms with E-state index in [0.29, 0.717) is 5.56 Å². The quantitative estimate of drug-likeness (QED) is 0.812. The molecule has 1 heterocycles. The van der Waals surface area contributed by atoms with Gasteiger partial charge in [-0.25, -0.2) is 18.8 Å². The van der Waals surface area contributed by atoms with Gasteiger partial charge in [-0.2, -0.15) is 0 Å². The molecule has 27 heavy (non-hydrogen) atoms. The van der Waals surface area contributed by atoms with E-state index in [9.17, 15) is 23.9 Å². The fraction of sp³-hybridized carbons (Fsp3) is 0.250. The Balaban J connectivity index is 1.87. The van der Waals surface area contributed by atoms with Gasteiger partial charge in [0, 0.05) is 6.42 Å². The predicted octanol–water partition coefficient (Wildman–Crippen LogP) is 2.81. The van der Waals surface area contributed by atoms with Crippen LogP contribution in [-0.2, 0) is 20.7 Å². The molecule has 0 amide bonds. The smallest absolute Gasteiger partial charge is 0.348 e. The Morgan fingerprint density at radius 1 is 1.15 bits per heavy atom. The number of halogens is 1. The Morgan fingerprint density at radius 3 is 2.44 bits per heavy atom.